The second-order valence-corrected chi connectivity index (χ2v) is 4.21. The highest BCUT2D eigenvalue weighted by atomic mass is 16.6. The summed E-state index contributed by atoms with van der Waals surface area (Å²) in [7, 11) is 0. The van der Waals surface area contributed by atoms with Crippen molar-refractivity contribution in [2.75, 3.05) is 0 Å². The summed E-state index contributed by atoms with van der Waals surface area (Å²) in [6, 6.07) is 13.9. The van der Waals surface area contributed by atoms with Crippen molar-refractivity contribution in [1.29, 1.82) is 0 Å². The quantitative estimate of drug-likeness (QED) is 0.624. The summed E-state index contributed by atoms with van der Waals surface area (Å²) in [6.07, 6.45) is 0.795. The minimum Gasteiger partial charge on any atom is -0.357 e. The molecule has 0 unspecified atom stereocenters. The van der Waals surface area contributed by atoms with Gasteiger partial charge >= 0.3 is 0 Å². The van der Waals surface area contributed by atoms with Gasteiger partial charge in [0, 0.05) is 24.1 Å². The fraction of sp³-hybridized carbons (Fsp3) is 0.0714. The first-order valence-corrected chi connectivity index (χ1v) is 5.80. The Kier molecular flexibility index (Phi) is 2.72. The van der Waals surface area contributed by atoms with Gasteiger partial charge in [0.25, 0.3) is 5.69 Å². The lowest BCUT2D eigenvalue weighted by Gasteiger charge is -2.19. The van der Waals surface area contributed by atoms with Crippen molar-refractivity contribution in [2.24, 2.45) is 5.16 Å². The third-order valence-electron chi connectivity index (χ3n) is 2.99. The van der Waals surface area contributed by atoms with Crippen LogP contribution in [0.3, 0.4) is 0 Å². The molecule has 0 bridgehead atoms. The second kappa shape index (κ2) is 4.53. The molecule has 0 saturated heterocycles. The molecule has 0 amide bonds. The van der Waals surface area contributed by atoms with E-state index < -0.39 is 4.92 Å². The van der Waals surface area contributed by atoms with E-state index >= 15 is 0 Å². The largest absolute Gasteiger partial charge is 0.357 e. The summed E-state index contributed by atoms with van der Waals surface area (Å²) < 4.78 is 0. The number of non-ortho nitro benzene ring substituents is 1. The lowest BCUT2D eigenvalue weighted by atomic mass is 9.87. The van der Waals surface area contributed by atoms with Crippen LogP contribution in [0.5, 0.6) is 5.75 Å². The van der Waals surface area contributed by atoms with Crippen molar-refractivity contribution >= 4 is 11.4 Å². The first-order chi connectivity index (χ1) is 9.24. The van der Waals surface area contributed by atoms with E-state index in [1.165, 1.54) is 29.8 Å². The number of benzene rings is 2. The average molecular weight is 254 g/mol. The van der Waals surface area contributed by atoms with Crippen LogP contribution in [0.1, 0.15) is 11.1 Å². The van der Waals surface area contributed by atoms with Gasteiger partial charge < -0.3 is 4.84 Å². The zero-order valence-corrected chi connectivity index (χ0v) is 9.95. The van der Waals surface area contributed by atoms with E-state index in [9.17, 15) is 10.1 Å². The fourth-order valence-corrected chi connectivity index (χ4v) is 1.94. The summed E-state index contributed by atoms with van der Waals surface area (Å²) in [5, 5.41) is 14.6. The van der Waals surface area contributed by atoms with Gasteiger partial charge in [0.15, 0.2) is 5.75 Å². The molecular weight excluding hydrogens is 244 g/mol. The molecule has 0 fully saturated rings. The van der Waals surface area contributed by atoms with Crippen molar-refractivity contribution in [3.8, 4) is 5.75 Å². The molecule has 3 rings (SSSR count). The fourth-order valence-electron chi connectivity index (χ4n) is 1.94. The number of oxime groups is 1. The number of nitro groups is 1. The van der Waals surface area contributed by atoms with Crippen molar-refractivity contribution in [1.82, 2.24) is 0 Å². The Labute approximate surface area is 109 Å². The third kappa shape index (κ3) is 2.18. The summed E-state index contributed by atoms with van der Waals surface area (Å²) in [6.45, 7) is 0. The normalized spacial score (nSPS) is 14.6. The van der Waals surface area contributed by atoms with Gasteiger partial charge in [-0.05, 0) is 17.7 Å². The molecule has 2 aromatic carbocycles. The number of nitro benzene ring substituents is 1. The molecule has 0 spiro atoms. The van der Waals surface area contributed by atoms with Crippen molar-refractivity contribution in [2.45, 2.75) is 6.42 Å². The smallest absolute Gasteiger partial charge is 0.269 e. The van der Waals surface area contributed by atoms with E-state index in [4.69, 9.17) is 4.84 Å². The average Bonchev–Trinajstić information content (AvgIpc) is 2.40. The lowest BCUT2D eigenvalue weighted by Crippen LogP contribution is -2.20. The maximum Gasteiger partial charge on any atom is 0.269 e. The summed E-state index contributed by atoms with van der Waals surface area (Å²) in [4.78, 5) is 15.3. The van der Waals surface area contributed by atoms with E-state index in [2.05, 4.69) is 11.2 Å². The van der Waals surface area contributed by atoms with Gasteiger partial charge in [-0.1, -0.05) is 29.4 Å². The molecule has 94 valence electrons. The minimum atomic E-state index is -0.447. The molecule has 0 aromatic heterocycles. The van der Waals surface area contributed by atoms with E-state index in [0.29, 0.717) is 5.75 Å². The van der Waals surface area contributed by atoms with Gasteiger partial charge in [0.2, 0.25) is 0 Å². The highest BCUT2D eigenvalue weighted by molar-refractivity contribution is 6.10. The maximum atomic E-state index is 10.5. The number of hydrogen-bond acceptors (Lipinski definition) is 4. The molecule has 5 heteroatoms. The molecule has 5 nitrogen and oxygen atoms in total. The molecule has 0 saturated carbocycles. The van der Waals surface area contributed by atoms with Gasteiger partial charge in [-0.3, -0.25) is 10.1 Å². The Morgan fingerprint density at radius 3 is 2.53 bits per heavy atom. The van der Waals surface area contributed by atoms with E-state index in [-0.39, 0.29) is 5.69 Å². The summed E-state index contributed by atoms with van der Waals surface area (Å²) in [5.74, 6) is 0.488. The van der Waals surface area contributed by atoms with Crippen LogP contribution in [0.4, 0.5) is 5.69 Å². The van der Waals surface area contributed by atoms with Crippen LogP contribution in [-0.4, -0.2) is 10.6 Å². The lowest BCUT2D eigenvalue weighted by molar-refractivity contribution is -0.384. The van der Waals surface area contributed by atoms with Crippen LogP contribution in [0.2, 0.25) is 0 Å². The van der Waals surface area contributed by atoms with Gasteiger partial charge in [-0.25, -0.2) is 0 Å². The van der Waals surface area contributed by atoms with Gasteiger partial charge in [0.05, 0.1) is 10.6 Å². The number of rotatable bonds is 3. The highest BCUT2D eigenvalue weighted by Crippen LogP contribution is 2.24. The van der Waals surface area contributed by atoms with E-state index in [1.807, 2.05) is 18.2 Å². The standard InChI is InChI=1S/C14H10N2O3/c17-16(18)11-5-7-12(8-6-11)19-15-14-9-10-3-1-2-4-13(10)14/h1-8H,9H2/b15-14+. The minimum absolute atomic E-state index is 0.0361. The van der Waals surface area contributed by atoms with E-state index in [0.717, 1.165) is 17.7 Å². The molecular formula is C14H10N2O3. The molecule has 0 N–H and O–H groups in total. The predicted molar refractivity (Wildman–Crippen MR) is 70.4 cm³/mol. The summed E-state index contributed by atoms with van der Waals surface area (Å²) >= 11 is 0. The van der Waals surface area contributed by atoms with Gasteiger partial charge in [0.1, 0.15) is 0 Å². The van der Waals surface area contributed by atoms with Crippen molar-refractivity contribution < 1.29 is 9.76 Å². The van der Waals surface area contributed by atoms with E-state index in [1.54, 1.807) is 0 Å². The van der Waals surface area contributed by atoms with Crippen LogP contribution in [0.15, 0.2) is 53.7 Å². The molecule has 0 atom stereocenters. The SMILES string of the molecule is O=[N+]([O-])c1ccc(O/N=C2\Cc3ccccc32)cc1. The van der Waals surface area contributed by atoms with Crippen LogP contribution in [0, 0.1) is 10.1 Å². The van der Waals surface area contributed by atoms with Crippen LogP contribution in [-0.2, 0) is 6.42 Å². The zero-order chi connectivity index (χ0) is 13.2. The zero-order valence-electron chi connectivity index (χ0n) is 9.95. The van der Waals surface area contributed by atoms with Crippen molar-refractivity contribution in [3.63, 3.8) is 0 Å². The predicted octanol–water partition coefficient (Wildman–Crippen LogP) is 2.93. The highest BCUT2D eigenvalue weighted by Gasteiger charge is 2.20. The Morgan fingerprint density at radius 2 is 1.84 bits per heavy atom. The second-order valence-electron chi connectivity index (χ2n) is 4.21. The third-order valence-corrected chi connectivity index (χ3v) is 2.99. The van der Waals surface area contributed by atoms with Crippen molar-refractivity contribution in [3.05, 3.63) is 69.8 Å². The molecule has 0 aliphatic heterocycles. The summed E-state index contributed by atoms with van der Waals surface area (Å²) in [5.41, 5.74) is 3.29. The molecule has 1 aliphatic rings. The first-order valence-electron chi connectivity index (χ1n) is 5.80. The molecule has 1 aliphatic carbocycles. The number of fused-ring (bicyclic) bond motifs is 1. The van der Waals surface area contributed by atoms with Gasteiger partial charge in [-0.15, -0.1) is 0 Å². The Bertz CT molecular complexity index is 663. The van der Waals surface area contributed by atoms with Crippen LogP contribution >= 0.6 is 0 Å². The Morgan fingerprint density at radius 1 is 1.11 bits per heavy atom. The van der Waals surface area contributed by atoms with Crippen LogP contribution in [0.25, 0.3) is 0 Å². The molecule has 2 aromatic rings. The maximum absolute atomic E-state index is 10.5. The molecule has 0 heterocycles. The topological polar surface area (TPSA) is 64.7 Å². The first kappa shape index (κ1) is 11.4. The van der Waals surface area contributed by atoms with Crippen LogP contribution < -0.4 is 4.84 Å². The Hall–Kier alpha value is -2.69. The number of nitrogens with zero attached hydrogens (tertiary/aromatic N) is 2. The monoisotopic (exact) mass is 254 g/mol. The molecule has 19 heavy (non-hydrogen) atoms. The number of hydrogen-bond donors (Lipinski definition) is 0. The van der Waals surface area contributed by atoms with Gasteiger partial charge in [-0.2, -0.15) is 0 Å². The molecule has 0 radical (unpaired) electrons. The Balaban J connectivity index is 1.72.